The summed E-state index contributed by atoms with van der Waals surface area (Å²) in [6.45, 7) is 1.83. The van der Waals surface area contributed by atoms with E-state index >= 15 is 0 Å². The van der Waals surface area contributed by atoms with Gasteiger partial charge in [-0.2, -0.15) is 0 Å². The van der Waals surface area contributed by atoms with Crippen molar-refractivity contribution in [2.75, 3.05) is 34.4 Å². The van der Waals surface area contributed by atoms with Crippen molar-refractivity contribution in [3.8, 4) is 0 Å². The average molecular weight is 339 g/mol. The van der Waals surface area contributed by atoms with E-state index in [1.54, 1.807) is 21.3 Å². The number of rotatable bonds is 12. The minimum atomic E-state index is -2.69. The highest BCUT2D eigenvalue weighted by Crippen LogP contribution is 2.14. The van der Waals surface area contributed by atoms with Crippen molar-refractivity contribution in [1.82, 2.24) is 5.32 Å². The molecule has 0 bridgehead atoms. The van der Waals surface area contributed by atoms with Gasteiger partial charge < -0.3 is 24.3 Å². The van der Waals surface area contributed by atoms with E-state index in [1.165, 1.54) is 5.56 Å². The molecule has 1 aromatic rings. The van der Waals surface area contributed by atoms with Gasteiger partial charge >= 0.3 is 8.80 Å². The summed E-state index contributed by atoms with van der Waals surface area (Å²) in [7, 11) is 2.10. The van der Waals surface area contributed by atoms with E-state index in [1.807, 2.05) is 18.2 Å². The van der Waals surface area contributed by atoms with E-state index in [9.17, 15) is 0 Å². The van der Waals surface area contributed by atoms with Crippen LogP contribution in [0, 0.1) is 0 Å². The standard InChI is InChI=1S/C17H30N2O3Si/c1-20-23(21-2,22-3)17(18)13-7-8-14-19-15-9-12-16-10-5-4-6-11-16/h4-6,9-12,17,19H,7-8,13-15,18H2,1-3H3. The highest BCUT2D eigenvalue weighted by atomic mass is 28.4. The van der Waals surface area contributed by atoms with E-state index in [-0.39, 0.29) is 5.67 Å². The fourth-order valence-corrected chi connectivity index (χ4v) is 4.41. The van der Waals surface area contributed by atoms with E-state index in [4.69, 9.17) is 19.0 Å². The third-order valence-electron chi connectivity index (χ3n) is 3.80. The second-order valence-corrected chi connectivity index (χ2v) is 8.51. The first kappa shape index (κ1) is 20.0. The fourth-order valence-electron chi connectivity index (χ4n) is 2.44. The molecule has 23 heavy (non-hydrogen) atoms. The van der Waals surface area contributed by atoms with Crippen LogP contribution >= 0.6 is 0 Å². The van der Waals surface area contributed by atoms with Crippen molar-refractivity contribution in [2.45, 2.75) is 24.9 Å². The van der Waals surface area contributed by atoms with E-state index in [2.05, 4.69) is 29.6 Å². The molecule has 0 radical (unpaired) electrons. The number of benzene rings is 1. The summed E-state index contributed by atoms with van der Waals surface area (Å²) in [6.07, 6.45) is 7.18. The zero-order valence-electron chi connectivity index (χ0n) is 14.5. The van der Waals surface area contributed by atoms with Crippen LogP contribution in [0.1, 0.15) is 24.8 Å². The van der Waals surface area contributed by atoms with Gasteiger partial charge in [0, 0.05) is 27.9 Å². The maximum atomic E-state index is 6.17. The highest BCUT2D eigenvalue weighted by Gasteiger charge is 2.44. The van der Waals surface area contributed by atoms with Crippen molar-refractivity contribution in [3.63, 3.8) is 0 Å². The van der Waals surface area contributed by atoms with E-state index < -0.39 is 8.80 Å². The molecular formula is C17H30N2O3Si. The summed E-state index contributed by atoms with van der Waals surface area (Å²) in [5, 5.41) is 3.40. The summed E-state index contributed by atoms with van der Waals surface area (Å²) in [5.41, 5.74) is 7.21. The summed E-state index contributed by atoms with van der Waals surface area (Å²) in [5.74, 6) is 0. The lowest BCUT2D eigenvalue weighted by molar-refractivity contribution is 0.111. The summed E-state index contributed by atoms with van der Waals surface area (Å²) in [6, 6.07) is 10.3. The van der Waals surface area contributed by atoms with E-state index in [0.717, 1.165) is 32.4 Å². The largest absolute Gasteiger partial charge is 0.517 e. The molecule has 1 aromatic carbocycles. The monoisotopic (exact) mass is 338 g/mol. The molecule has 1 atom stereocenters. The van der Waals surface area contributed by atoms with Gasteiger partial charge in [0.25, 0.3) is 0 Å². The third kappa shape index (κ3) is 6.95. The Balaban J connectivity index is 2.12. The number of nitrogens with two attached hydrogens (primary N) is 1. The minimum absolute atomic E-state index is 0.180. The maximum Gasteiger partial charge on any atom is 0.517 e. The molecule has 6 heteroatoms. The normalized spacial score (nSPS) is 13.6. The van der Waals surface area contributed by atoms with Crippen LogP contribution in [0.2, 0.25) is 0 Å². The molecule has 0 aliphatic heterocycles. The molecule has 1 unspecified atom stereocenters. The molecular weight excluding hydrogens is 308 g/mol. The molecule has 5 nitrogen and oxygen atoms in total. The Hall–Kier alpha value is -1.02. The molecule has 3 N–H and O–H groups in total. The Morgan fingerprint density at radius 3 is 2.35 bits per heavy atom. The average Bonchev–Trinajstić information content (AvgIpc) is 2.60. The Morgan fingerprint density at radius 1 is 1.09 bits per heavy atom. The predicted octanol–water partition coefficient (Wildman–Crippen LogP) is 2.20. The predicted molar refractivity (Wildman–Crippen MR) is 97.0 cm³/mol. The SMILES string of the molecule is CO[Si](OC)(OC)C(N)CCCCNCC=Cc1ccccc1. The molecule has 0 fully saturated rings. The van der Waals surface area contributed by atoms with Crippen LogP contribution in [0.4, 0.5) is 0 Å². The van der Waals surface area contributed by atoms with Crippen LogP contribution in [-0.2, 0) is 13.3 Å². The van der Waals surface area contributed by atoms with Crippen LogP contribution in [0.15, 0.2) is 36.4 Å². The first-order valence-electron chi connectivity index (χ1n) is 8.02. The van der Waals surface area contributed by atoms with Crippen LogP contribution < -0.4 is 11.1 Å². The zero-order chi connectivity index (χ0) is 17.0. The first-order chi connectivity index (χ1) is 11.2. The van der Waals surface area contributed by atoms with Crippen molar-refractivity contribution in [3.05, 3.63) is 42.0 Å². The summed E-state index contributed by atoms with van der Waals surface area (Å²) < 4.78 is 16.2. The number of hydrogen-bond donors (Lipinski definition) is 2. The fraction of sp³-hybridized carbons (Fsp3) is 0.529. The zero-order valence-corrected chi connectivity index (χ0v) is 15.5. The minimum Gasteiger partial charge on any atom is -0.376 e. The van der Waals surface area contributed by atoms with Gasteiger partial charge in [-0.3, -0.25) is 0 Å². The van der Waals surface area contributed by atoms with Gasteiger partial charge in [-0.1, -0.05) is 48.9 Å². The van der Waals surface area contributed by atoms with Gasteiger partial charge in [-0.15, -0.1) is 0 Å². The van der Waals surface area contributed by atoms with Gasteiger partial charge in [-0.05, 0) is 24.9 Å². The topological polar surface area (TPSA) is 65.7 Å². The quantitative estimate of drug-likeness (QED) is 0.452. The summed E-state index contributed by atoms with van der Waals surface area (Å²) >= 11 is 0. The lowest BCUT2D eigenvalue weighted by Gasteiger charge is -2.29. The van der Waals surface area contributed by atoms with Crippen molar-refractivity contribution >= 4 is 14.9 Å². The van der Waals surface area contributed by atoms with Gasteiger partial charge in [-0.25, -0.2) is 0 Å². The van der Waals surface area contributed by atoms with E-state index in [0.29, 0.717) is 0 Å². The van der Waals surface area contributed by atoms with Crippen LogP contribution in [0.3, 0.4) is 0 Å². The molecule has 0 aliphatic rings. The Bertz CT molecular complexity index is 430. The highest BCUT2D eigenvalue weighted by molar-refractivity contribution is 6.62. The Morgan fingerprint density at radius 2 is 1.74 bits per heavy atom. The molecule has 130 valence electrons. The molecule has 0 amide bonds. The van der Waals surface area contributed by atoms with Gasteiger partial charge in [0.2, 0.25) is 0 Å². The van der Waals surface area contributed by atoms with Gasteiger partial charge in [0.15, 0.2) is 0 Å². The maximum absolute atomic E-state index is 6.17. The van der Waals surface area contributed by atoms with Crippen molar-refractivity contribution < 1.29 is 13.3 Å². The smallest absolute Gasteiger partial charge is 0.376 e. The van der Waals surface area contributed by atoms with Crippen molar-refractivity contribution in [2.24, 2.45) is 5.73 Å². The van der Waals surface area contributed by atoms with Crippen LogP contribution in [0.5, 0.6) is 0 Å². The molecule has 0 aliphatic carbocycles. The molecule has 0 saturated heterocycles. The van der Waals surface area contributed by atoms with Crippen molar-refractivity contribution in [1.29, 1.82) is 0 Å². The second kappa shape index (κ2) is 11.5. The first-order valence-corrected chi connectivity index (χ1v) is 9.82. The third-order valence-corrected chi connectivity index (χ3v) is 6.70. The van der Waals surface area contributed by atoms with Gasteiger partial charge in [0.1, 0.15) is 0 Å². The second-order valence-electron chi connectivity index (χ2n) is 5.34. The molecule has 0 saturated carbocycles. The number of nitrogens with one attached hydrogen (secondary N) is 1. The molecule has 1 rings (SSSR count). The molecule has 0 aromatic heterocycles. The molecule has 0 spiro atoms. The number of hydrogen-bond acceptors (Lipinski definition) is 5. The Labute approximate surface area is 141 Å². The molecule has 0 heterocycles. The van der Waals surface area contributed by atoms with Gasteiger partial charge in [0.05, 0.1) is 5.67 Å². The Kier molecular flexibility index (Phi) is 10.0. The lowest BCUT2D eigenvalue weighted by Crippen LogP contribution is -2.58. The summed E-state index contributed by atoms with van der Waals surface area (Å²) in [4.78, 5) is 0. The van der Waals surface area contributed by atoms with Crippen LogP contribution in [-0.4, -0.2) is 48.9 Å². The van der Waals surface area contributed by atoms with Crippen LogP contribution in [0.25, 0.3) is 6.08 Å². The lowest BCUT2D eigenvalue weighted by atomic mass is 10.2. The number of unbranched alkanes of at least 4 members (excludes halogenated alkanes) is 1.